The molecule has 0 fully saturated rings. The molecule has 0 saturated heterocycles. The Morgan fingerprint density at radius 3 is 3.06 bits per heavy atom. The highest BCUT2D eigenvalue weighted by atomic mass is 16.5. The zero-order chi connectivity index (χ0) is 11.5. The van der Waals surface area contributed by atoms with Gasteiger partial charge in [0.25, 0.3) is 5.56 Å². The zero-order valence-electron chi connectivity index (χ0n) is 8.67. The lowest BCUT2D eigenvalue weighted by Gasteiger charge is -2.08. The minimum atomic E-state index is -0.343. The van der Waals surface area contributed by atoms with Crippen LogP contribution in [0.4, 0.5) is 0 Å². The van der Waals surface area contributed by atoms with Crippen LogP contribution in [-0.2, 0) is 6.54 Å². The number of nitrogens with two attached hydrogens (primary N) is 1. The van der Waals surface area contributed by atoms with Crippen LogP contribution in [-0.4, -0.2) is 26.6 Å². The molecule has 2 rings (SSSR count). The fourth-order valence-corrected chi connectivity index (χ4v) is 1.41. The normalized spacial score (nSPS) is 10.4. The first-order chi connectivity index (χ1) is 7.77. The van der Waals surface area contributed by atoms with E-state index in [9.17, 15) is 4.79 Å². The molecule has 0 aliphatic rings. The highest BCUT2D eigenvalue weighted by Crippen LogP contribution is 2.15. The van der Waals surface area contributed by atoms with Crippen LogP contribution in [0, 0.1) is 0 Å². The first kappa shape index (κ1) is 10.4. The van der Waals surface area contributed by atoms with Crippen LogP contribution in [0.15, 0.2) is 23.5 Å². The minimum absolute atomic E-state index is 0.134. The summed E-state index contributed by atoms with van der Waals surface area (Å²) in [7, 11) is 1.41. The van der Waals surface area contributed by atoms with Gasteiger partial charge in [-0.25, -0.2) is 9.97 Å². The number of imidazole rings is 1. The summed E-state index contributed by atoms with van der Waals surface area (Å²) in [6.45, 7) is 0.255. The number of aromatic nitrogens is 4. The van der Waals surface area contributed by atoms with Crippen molar-refractivity contribution < 1.29 is 4.74 Å². The van der Waals surface area contributed by atoms with Crippen molar-refractivity contribution in [3.63, 3.8) is 0 Å². The average Bonchev–Trinajstić information content (AvgIpc) is 2.76. The lowest BCUT2D eigenvalue weighted by atomic mass is 10.4. The first-order valence-corrected chi connectivity index (χ1v) is 4.62. The molecule has 0 saturated carbocycles. The molecule has 0 aliphatic heterocycles. The van der Waals surface area contributed by atoms with Gasteiger partial charge in [-0.15, -0.1) is 0 Å². The summed E-state index contributed by atoms with van der Waals surface area (Å²) in [5, 5.41) is 0. The maximum atomic E-state index is 11.5. The van der Waals surface area contributed by atoms with Crippen LogP contribution in [0.3, 0.4) is 0 Å². The largest absolute Gasteiger partial charge is 0.488 e. The second kappa shape index (κ2) is 4.15. The van der Waals surface area contributed by atoms with Gasteiger partial charge < -0.3 is 15.5 Å². The summed E-state index contributed by atoms with van der Waals surface area (Å²) >= 11 is 0. The molecule has 0 aromatic carbocycles. The fourth-order valence-electron chi connectivity index (χ4n) is 1.41. The van der Waals surface area contributed by atoms with Gasteiger partial charge in [0.15, 0.2) is 5.82 Å². The van der Waals surface area contributed by atoms with Crippen molar-refractivity contribution >= 4 is 0 Å². The number of aromatic amines is 1. The number of methoxy groups -OCH3 is 1. The second-order valence-electron chi connectivity index (χ2n) is 3.01. The fraction of sp³-hybridized carbons (Fsp3) is 0.222. The van der Waals surface area contributed by atoms with E-state index in [-0.39, 0.29) is 17.9 Å². The zero-order valence-corrected chi connectivity index (χ0v) is 8.67. The Bertz CT molecular complexity index is 545. The van der Waals surface area contributed by atoms with Crippen LogP contribution in [0.25, 0.3) is 5.82 Å². The number of ether oxygens (including phenoxy) is 1. The van der Waals surface area contributed by atoms with E-state index in [1.807, 2.05) is 0 Å². The molecular weight excluding hydrogens is 210 g/mol. The summed E-state index contributed by atoms with van der Waals surface area (Å²) in [6, 6.07) is 0. The van der Waals surface area contributed by atoms with E-state index in [4.69, 9.17) is 10.5 Å². The Kier molecular flexibility index (Phi) is 2.69. The van der Waals surface area contributed by atoms with Crippen LogP contribution < -0.4 is 16.0 Å². The van der Waals surface area contributed by atoms with Crippen molar-refractivity contribution in [1.82, 2.24) is 19.5 Å². The lowest BCUT2D eigenvalue weighted by molar-refractivity contribution is 0.403. The third-order valence-electron chi connectivity index (χ3n) is 2.12. The molecule has 7 nitrogen and oxygen atoms in total. The van der Waals surface area contributed by atoms with Crippen molar-refractivity contribution in [3.8, 4) is 11.6 Å². The van der Waals surface area contributed by atoms with Crippen molar-refractivity contribution in [2.45, 2.75) is 6.54 Å². The molecule has 0 amide bonds. The highest BCUT2D eigenvalue weighted by Gasteiger charge is 2.13. The highest BCUT2D eigenvalue weighted by molar-refractivity contribution is 5.38. The van der Waals surface area contributed by atoms with Gasteiger partial charge in [-0.2, -0.15) is 0 Å². The molecule has 0 unspecified atom stereocenters. The van der Waals surface area contributed by atoms with Crippen molar-refractivity contribution in [1.29, 1.82) is 0 Å². The molecule has 0 spiro atoms. The number of hydrogen-bond donors (Lipinski definition) is 2. The summed E-state index contributed by atoms with van der Waals surface area (Å²) in [6.07, 6.45) is 4.57. The van der Waals surface area contributed by atoms with Gasteiger partial charge in [-0.3, -0.25) is 9.36 Å². The molecule has 0 atom stereocenters. The molecule has 2 aromatic rings. The second-order valence-corrected chi connectivity index (χ2v) is 3.01. The standard InChI is InChI=1S/C9H11N5O2/c1-16-7-8(12-5-13-9(7)15)14-3-2-11-6(14)4-10/h2-3,5H,4,10H2,1H3,(H,12,13,15). The van der Waals surface area contributed by atoms with Crippen molar-refractivity contribution in [3.05, 3.63) is 34.9 Å². The molecule has 84 valence electrons. The van der Waals surface area contributed by atoms with E-state index >= 15 is 0 Å². The topological polar surface area (TPSA) is 98.8 Å². The lowest BCUT2D eigenvalue weighted by Crippen LogP contribution is -2.16. The van der Waals surface area contributed by atoms with Crippen LogP contribution >= 0.6 is 0 Å². The molecule has 16 heavy (non-hydrogen) atoms. The molecule has 2 aromatic heterocycles. The van der Waals surface area contributed by atoms with Crippen molar-refractivity contribution in [2.24, 2.45) is 5.73 Å². The monoisotopic (exact) mass is 221 g/mol. The number of H-pyrrole nitrogens is 1. The Morgan fingerprint density at radius 2 is 2.38 bits per heavy atom. The Balaban J connectivity index is 2.64. The number of nitrogens with zero attached hydrogens (tertiary/aromatic N) is 3. The number of nitrogens with one attached hydrogen (secondary N) is 1. The smallest absolute Gasteiger partial charge is 0.295 e. The van der Waals surface area contributed by atoms with Gasteiger partial charge in [0.1, 0.15) is 5.82 Å². The molecule has 0 aliphatic carbocycles. The predicted molar refractivity (Wildman–Crippen MR) is 56.4 cm³/mol. The summed E-state index contributed by atoms with van der Waals surface area (Å²) < 4.78 is 6.62. The molecule has 3 N–H and O–H groups in total. The number of hydrogen-bond acceptors (Lipinski definition) is 5. The van der Waals surface area contributed by atoms with E-state index < -0.39 is 0 Å². The van der Waals surface area contributed by atoms with E-state index in [0.29, 0.717) is 11.6 Å². The van der Waals surface area contributed by atoms with E-state index in [1.54, 1.807) is 17.0 Å². The van der Waals surface area contributed by atoms with E-state index in [0.717, 1.165) is 0 Å². The molecule has 7 heteroatoms. The Labute approximate surface area is 90.9 Å². The minimum Gasteiger partial charge on any atom is -0.488 e. The van der Waals surface area contributed by atoms with Crippen LogP contribution in [0.2, 0.25) is 0 Å². The van der Waals surface area contributed by atoms with Gasteiger partial charge in [0, 0.05) is 12.4 Å². The summed E-state index contributed by atoms with van der Waals surface area (Å²) in [5.74, 6) is 1.12. The molecule has 0 radical (unpaired) electrons. The third-order valence-corrected chi connectivity index (χ3v) is 2.12. The van der Waals surface area contributed by atoms with Gasteiger partial charge in [-0.05, 0) is 0 Å². The summed E-state index contributed by atoms with van der Waals surface area (Å²) in [5.41, 5.74) is 5.18. The van der Waals surface area contributed by atoms with E-state index in [2.05, 4.69) is 15.0 Å². The van der Waals surface area contributed by atoms with Crippen molar-refractivity contribution in [2.75, 3.05) is 7.11 Å². The van der Waals surface area contributed by atoms with Crippen LogP contribution in [0.5, 0.6) is 5.75 Å². The van der Waals surface area contributed by atoms with E-state index in [1.165, 1.54) is 13.4 Å². The summed E-state index contributed by atoms with van der Waals surface area (Å²) in [4.78, 5) is 22.0. The van der Waals surface area contributed by atoms with Gasteiger partial charge in [0.05, 0.1) is 20.0 Å². The molecule has 2 heterocycles. The van der Waals surface area contributed by atoms with Crippen LogP contribution in [0.1, 0.15) is 5.82 Å². The predicted octanol–water partition coefficient (Wildman–Crippen LogP) is -0.577. The first-order valence-electron chi connectivity index (χ1n) is 4.62. The maximum Gasteiger partial charge on any atom is 0.295 e. The molecule has 0 bridgehead atoms. The van der Waals surface area contributed by atoms with Gasteiger partial charge in [-0.1, -0.05) is 0 Å². The average molecular weight is 221 g/mol. The third kappa shape index (κ3) is 1.57. The maximum absolute atomic E-state index is 11.5. The quantitative estimate of drug-likeness (QED) is 0.722. The van der Waals surface area contributed by atoms with Gasteiger partial charge in [0.2, 0.25) is 5.75 Å². The Morgan fingerprint density at radius 1 is 1.56 bits per heavy atom. The SMILES string of the molecule is COc1c(-n2ccnc2CN)nc[nH]c1=O. The molecular formula is C9H11N5O2. The number of rotatable bonds is 3. The van der Waals surface area contributed by atoms with Gasteiger partial charge >= 0.3 is 0 Å². The Hall–Kier alpha value is -2.15.